The molecule has 0 aliphatic heterocycles. The number of rotatable bonds is 5. The van der Waals surface area contributed by atoms with Gasteiger partial charge in [0.1, 0.15) is 17.9 Å². The molecular formula is C20H21NO3. The van der Waals surface area contributed by atoms with Crippen LogP contribution in [0.15, 0.2) is 51.7 Å². The van der Waals surface area contributed by atoms with Crippen molar-refractivity contribution in [1.82, 2.24) is 0 Å². The van der Waals surface area contributed by atoms with Crippen LogP contribution in [0.5, 0.6) is 5.75 Å². The highest BCUT2D eigenvalue weighted by molar-refractivity contribution is 5.81. The number of benzene rings is 2. The van der Waals surface area contributed by atoms with E-state index in [9.17, 15) is 4.79 Å². The summed E-state index contributed by atoms with van der Waals surface area (Å²) in [7, 11) is 0. The molecule has 24 heavy (non-hydrogen) atoms. The second kappa shape index (κ2) is 6.79. The molecule has 0 unspecified atom stereocenters. The highest BCUT2D eigenvalue weighted by Crippen LogP contribution is 2.22. The Morgan fingerprint density at radius 3 is 2.62 bits per heavy atom. The van der Waals surface area contributed by atoms with Crippen molar-refractivity contribution in [2.45, 2.75) is 20.8 Å². The summed E-state index contributed by atoms with van der Waals surface area (Å²) in [4.78, 5) is 11.5. The highest BCUT2D eigenvalue weighted by atomic mass is 16.5. The molecule has 1 N–H and O–H groups in total. The van der Waals surface area contributed by atoms with Crippen molar-refractivity contribution in [3.63, 3.8) is 0 Å². The quantitative estimate of drug-likeness (QED) is 0.564. The first-order valence-electron chi connectivity index (χ1n) is 8.01. The third-order valence-corrected chi connectivity index (χ3v) is 3.99. The van der Waals surface area contributed by atoms with Crippen LogP contribution in [0.4, 0.5) is 5.69 Å². The summed E-state index contributed by atoms with van der Waals surface area (Å²) in [6, 6.07) is 13.4. The van der Waals surface area contributed by atoms with Gasteiger partial charge in [0.05, 0.1) is 0 Å². The van der Waals surface area contributed by atoms with Gasteiger partial charge >= 0.3 is 5.63 Å². The Bertz CT molecular complexity index is 928. The zero-order chi connectivity index (χ0) is 17.1. The molecule has 0 spiro atoms. The van der Waals surface area contributed by atoms with Crippen LogP contribution in [0.2, 0.25) is 0 Å². The van der Waals surface area contributed by atoms with E-state index < -0.39 is 0 Å². The van der Waals surface area contributed by atoms with Crippen molar-refractivity contribution in [3.05, 3.63) is 69.6 Å². The fourth-order valence-electron chi connectivity index (χ4n) is 2.76. The minimum absolute atomic E-state index is 0.339. The first-order chi connectivity index (χ1) is 11.5. The molecule has 0 fully saturated rings. The van der Waals surface area contributed by atoms with Crippen LogP contribution >= 0.6 is 0 Å². The lowest BCUT2D eigenvalue weighted by atomic mass is 10.1. The van der Waals surface area contributed by atoms with E-state index >= 15 is 0 Å². The second-order valence-electron chi connectivity index (χ2n) is 6.00. The Balaban J connectivity index is 1.62. The van der Waals surface area contributed by atoms with Crippen molar-refractivity contribution in [2.24, 2.45) is 0 Å². The number of hydrogen-bond donors (Lipinski definition) is 1. The third-order valence-electron chi connectivity index (χ3n) is 3.99. The largest absolute Gasteiger partial charge is 0.492 e. The van der Waals surface area contributed by atoms with Crippen LogP contribution in [-0.2, 0) is 0 Å². The predicted molar refractivity (Wildman–Crippen MR) is 97.1 cm³/mol. The zero-order valence-corrected chi connectivity index (χ0v) is 14.2. The van der Waals surface area contributed by atoms with E-state index in [0.717, 1.165) is 16.6 Å². The van der Waals surface area contributed by atoms with Gasteiger partial charge in [-0.1, -0.05) is 17.7 Å². The molecule has 0 bridgehead atoms. The monoisotopic (exact) mass is 323 g/mol. The summed E-state index contributed by atoms with van der Waals surface area (Å²) >= 11 is 0. The molecule has 1 heterocycles. The van der Waals surface area contributed by atoms with Crippen molar-refractivity contribution in [2.75, 3.05) is 18.5 Å². The van der Waals surface area contributed by atoms with Gasteiger partial charge in [-0.05, 0) is 50.1 Å². The molecule has 0 saturated carbocycles. The predicted octanol–water partition coefficient (Wildman–Crippen LogP) is 4.21. The number of nitrogens with one attached hydrogen (secondary N) is 1. The Morgan fingerprint density at radius 1 is 1.00 bits per heavy atom. The van der Waals surface area contributed by atoms with Crippen LogP contribution in [0.1, 0.15) is 16.7 Å². The van der Waals surface area contributed by atoms with Gasteiger partial charge in [0, 0.05) is 29.8 Å². The maximum atomic E-state index is 11.5. The summed E-state index contributed by atoms with van der Waals surface area (Å²) in [6.45, 7) is 7.28. The molecule has 2 aromatic carbocycles. The molecule has 3 rings (SSSR count). The van der Waals surface area contributed by atoms with Gasteiger partial charge in [-0.2, -0.15) is 0 Å². The van der Waals surface area contributed by atoms with Crippen molar-refractivity contribution in [3.8, 4) is 5.75 Å². The molecule has 4 nitrogen and oxygen atoms in total. The Morgan fingerprint density at radius 2 is 1.83 bits per heavy atom. The Labute approximate surface area is 141 Å². The SMILES string of the molecule is Cc1ccc(NCCOc2ccc3c(C)cc(=O)oc3c2)c(C)c1. The van der Waals surface area contributed by atoms with E-state index in [-0.39, 0.29) is 5.63 Å². The van der Waals surface area contributed by atoms with Gasteiger partial charge in [0.25, 0.3) is 0 Å². The van der Waals surface area contributed by atoms with Gasteiger partial charge in [-0.3, -0.25) is 0 Å². The number of aryl methyl sites for hydroxylation is 3. The molecule has 0 aliphatic carbocycles. The fourth-order valence-corrected chi connectivity index (χ4v) is 2.76. The molecule has 3 aromatic rings. The minimum atomic E-state index is -0.339. The maximum absolute atomic E-state index is 11.5. The molecule has 124 valence electrons. The zero-order valence-electron chi connectivity index (χ0n) is 14.2. The van der Waals surface area contributed by atoms with Gasteiger partial charge in [0.15, 0.2) is 0 Å². The van der Waals surface area contributed by atoms with Gasteiger partial charge in [-0.15, -0.1) is 0 Å². The molecule has 0 saturated heterocycles. The standard InChI is InChI=1S/C20H21NO3/c1-13-4-7-18(15(3)10-13)21-8-9-23-16-5-6-17-14(2)11-20(22)24-19(17)12-16/h4-7,10-12,21H,8-9H2,1-3H3. The lowest BCUT2D eigenvalue weighted by molar-refractivity contribution is 0.332. The van der Waals surface area contributed by atoms with E-state index in [1.165, 1.54) is 17.2 Å². The summed E-state index contributed by atoms with van der Waals surface area (Å²) in [5.41, 5.74) is 4.71. The molecule has 0 radical (unpaired) electrons. The Kier molecular flexibility index (Phi) is 4.56. The van der Waals surface area contributed by atoms with E-state index in [0.29, 0.717) is 24.5 Å². The summed E-state index contributed by atoms with van der Waals surface area (Å²) in [5, 5.41) is 4.29. The van der Waals surface area contributed by atoms with Crippen LogP contribution in [0.25, 0.3) is 11.0 Å². The first kappa shape index (κ1) is 16.1. The molecular weight excluding hydrogens is 302 g/mol. The van der Waals surface area contributed by atoms with Crippen LogP contribution in [0, 0.1) is 20.8 Å². The van der Waals surface area contributed by atoms with Crippen molar-refractivity contribution < 1.29 is 9.15 Å². The van der Waals surface area contributed by atoms with Crippen LogP contribution in [-0.4, -0.2) is 13.2 Å². The third kappa shape index (κ3) is 3.59. The topological polar surface area (TPSA) is 51.5 Å². The van der Waals surface area contributed by atoms with Gasteiger partial charge < -0.3 is 14.5 Å². The van der Waals surface area contributed by atoms with Crippen LogP contribution in [0.3, 0.4) is 0 Å². The summed E-state index contributed by atoms with van der Waals surface area (Å²) in [6.07, 6.45) is 0. The first-order valence-corrected chi connectivity index (χ1v) is 8.01. The second-order valence-corrected chi connectivity index (χ2v) is 6.00. The van der Waals surface area contributed by atoms with E-state index in [1.807, 2.05) is 19.1 Å². The van der Waals surface area contributed by atoms with Crippen molar-refractivity contribution >= 4 is 16.7 Å². The van der Waals surface area contributed by atoms with E-state index in [4.69, 9.17) is 9.15 Å². The highest BCUT2D eigenvalue weighted by Gasteiger charge is 2.04. The van der Waals surface area contributed by atoms with E-state index in [1.54, 1.807) is 6.07 Å². The van der Waals surface area contributed by atoms with Gasteiger partial charge in [-0.25, -0.2) is 4.79 Å². The lowest BCUT2D eigenvalue weighted by Gasteiger charge is -2.11. The number of ether oxygens (including phenoxy) is 1. The number of hydrogen-bond acceptors (Lipinski definition) is 4. The summed E-state index contributed by atoms with van der Waals surface area (Å²) < 4.78 is 11.0. The fraction of sp³-hybridized carbons (Fsp3) is 0.250. The molecule has 0 aliphatic rings. The molecule has 0 atom stereocenters. The average Bonchev–Trinajstić information content (AvgIpc) is 2.52. The number of anilines is 1. The van der Waals surface area contributed by atoms with Gasteiger partial charge in [0.2, 0.25) is 0 Å². The molecule has 1 aromatic heterocycles. The average molecular weight is 323 g/mol. The number of fused-ring (bicyclic) bond motifs is 1. The summed E-state index contributed by atoms with van der Waals surface area (Å²) in [5.74, 6) is 0.693. The minimum Gasteiger partial charge on any atom is -0.492 e. The smallest absolute Gasteiger partial charge is 0.336 e. The van der Waals surface area contributed by atoms with Crippen molar-refractivity contribution in [1.29, 1.82) is 0 Å². The van der Waals surface area contributed by atoms with Crippen LogP contribution < -0.4 is 15.7 Å². The van der Waals surface area contributed by atoms with E-state index in [2.05, 4.69) is 37.4 Å². The lowest BCUT2D eigenvalue weighted by Crippen LogP contribution is -2.12. The molecule has 4 heteroatoms. The maximum Gasteiger partial charge on any atom is 0.336 e. The molecule has 0 amide bonds. The Hall–Kier alpha value is -2.75. The normalized spacial score (nSPS) is 10.8.